The Bertz CT molecular complexity index is 382. The molecule has 94 valence electrons. The van der Waals surface area contributed by atoms with Crippen LogP contribution in [-0.2, 0) is 0 Å². The van der Waals surface area contributed by atoms with Crippen LogP contribution in [0.15, 0.2) is 18.2 Å². The van der Waals surface area contributed by atoms with E-state index in [0.717, 1.165) is 25.8 Å². The van der Waals surface area contributed by atoms with Gasteiger partial charge in [-0.3, -0.25) is 16.0 Å². The van der Waals surface area contributed by atoms with Gasteiger partial charge in [-0.1, -0.05) is 25.8 Å². The summed E-state index contributed by atoms with van der Waals surface area (Å²) in [6, 6.07) is 4.99. The fourth-order valence-corrected chi connectivity index (χ4v) is 1.60. The minimum Gasteiger partial charge on any atom is -0.379 e. The van der Waals surface area contributed by atoms with Crippen LogP contribution in [0.2, 0.25) is 0 Å². The summed E-state index contributed by atoms with van der Waals surface area (Å²) in [5.74, 6) is 5.25. The number of nitrogens with two attached hydrogens (primary N) is 1. The molecule has 1 aromatic carbocycles. The summed E-state index contributed by atoms with van der Waals surface area (Å²) in [5.41, 5.74) is 3.15. The molecule has 6 nitrogen and oxygen atoms in total. The first-order chi connectivity index (χ1) is 8.20. The third kappa shape index (κ3) is 3.60. The number of nitrogens with zero attached hydrogens (tertiary/aromatic N) is 1. The minimum atomic E-state index is -0.433. The van der Waals surface area contributed by atoms with E-state index in [-0.39, 0.29) is 5.69 Å². The largest absolute Gasteiger partial charge is 0.379 e. The van der Waals surface area contributed by atoms with Gasteiger partial charge in [0.2, 0.25) is 0 Å². The maximum atomic E-state index is 11.0. The Balaban J connectivity index is 2.79. The van der Waals surface area contributed by atoms with E-state index in [1.54, 1.807) is 18.2 Å². The highest BCUT2D eigenvalue weighted by Crippen LogP contribution is 2.31. The summed E-state index contributed by atoms with van der Waals surface area (Å²) >= 11 is 0. The molecule has 4 N–H and O–H groups in total. The number of anilines is 2. The van der Waals surface area contributed by atoms with Crippen LogP contribution in [0.25, 0.3) is 0 Å². The number of nitro benzene ring substituents is 1. The highest BCUT2D eigenvalue weighted by Gasteiger charge is 2.18. The Hall–Kier alpha value is -1.82. The van der Waals surface area contributed by atoms with Crippen LogP contribution in [0.3, 0.4) is 0 Å². The molecule has 17 heavy (non-hydrogen) atoms. The van der Waals surface area contributed by atoms with E-state index in [4.69, 9.17) is 5.84 Å². The predicted octanol–water partition coefficient (Wildman–Crippen LogP) is 2.48. The number of nitrogen functional groups attached to an aromatic ring is 1. The predicted molar refractivity (Wildman–Crippen MR) is 68.9 cm³/mol. The van der Waals surface area contributed by atoms with Crippen molar-refractivity contribution >= 4 is 17.1 Å². The van der Waals surface area contributed by atoms with Crippen LogP contribution in [0, 0.1) is 10.1 Å². The van der Waals surface area contributed by atoms with Gasteiger partial charge in [0.15, 0.2) is 0 Å². The lowest BCUT2D eigenvalue weighted by Crippen LogP contribution is -2.11. The first-order valence-electron chi connectivity index (χ1n) is 5.68. The summed E-state index contributed by atoms with van der Waals surface area (Å²) < 4.78 is 0. The zero-order valence-electron chi connectivity index (χ0n) is 9.90. The van der Waals surface area contributed by atoms with Crippen LogP contribution < -0.4 is 16.6 Å². The van der Waals surface area contributed by atoms with Crippen molar-refractivity contribution in [2.45, 2.75) is 26.2 Å². The lowest BCUT2D eigenvalue weighted by molar-refractivity contribution is -0.383. The lowest BCUT2D eigenvalue weighted by Gasteiger charge is -2.09. The van der Waals surface area contributed by atoms with Gasteiger partial charge in [0, 0.05) is 6.54 Å². The zero-order chi connectivity index (χ0) is 12.7. The molecule has 0 spiro atoms. The number of hydrogen-bond donors (Lipinski definition) is 3. The van der Waals surface area contributed by atoms with Crippen LogP contribution >= 0.6 is 0 Å². The van der Waals surface area contributed by atoms with Crippen molar-refractivity contribution in [2.75, 3.05) is 17.3 Å². The average molecular weight is 238 g/mol. The first-order valence-corrected chi connectivity index (χ1v) is 5.68. The van der Waals surface area contributed by atoms with E-state index in [2.05, 4.69) is 17.7 Å². The molecule has 0 atom stereocenters. The maximum absolute atomic E-state index is 11.0. The normalized spacial score (nSPS) is 10.0. The monoisotopic (exact) mass is 238 g/mol. The lowest BCUT2D eigenvalue weighted by atomic mass is 10.2. The van der Waals surface area contributed by atoms with E-state index >= 15 is 0 Å². The fraction of sp³-hybridized carbons (Fsp3) is 0.455. The van der Waals surface area contributed by atoms with Gasteiger partial charge < -0.3 is 10.7 Å². The number of nitro groups is 1. The molecule has 0 bridgehead atoms. The second kappa shape index (κ2) is 6.70. The van der Waals surface area contributed by atoms with Crippen molar-refractivity contribution in [3.63, 3.8) is 0 Å². The summed E-state index contributed by atoms with van der Waals surface area (Å²) in [7, 11) is 0. The van der Waals surface area contributed by atoms with Gasteiger partial charge in [-0.25, -0.2) is 0 Å². The third-order valence-corrected chi connectivity index (χ3v) is 2.47. The Morgan fingerprint density at radius 1 is 1.35 bits per heavy atom. The summed E-state index contributed by atoms with van der Waals surface area (Å²) in [5, 5.41) is 14.0. The number of benzene rings is 1. The SMILES string of the molecule is CCCCCNc1cccc(NN)c1[N+](=O)[O-]. The summed E-state index contributed by atoms with van der Waals surface area (Å²) in [6.45, 7) is 2.84. The molecular formula is C11H18N4O2. The van der Waals surface area contributed by atoms with Gasteiger partial charge in [0.05, 0.1) is 4.92 Å². The molecule has 1 rings (SSSR count). The van der Waals surface area contributed by atoms with Crippen molar-refractivity contribution in [1.29, 1.82) is 0 Å². The zero-order valence-corrected chi connectivity index (χ0v) is 9.90. The van der Waals surface area contributed by atoms with Gasteiger partial charge >= 0.3 is 5.69 Å². The van der Waals surface area contributed by atoms with Crippen LogP contribution in [0.4, 0.5) is 17.1 Å². The standard InChI is InChI=1S/C11H18N4O2/c1-2-3-4-8-13-9-6-5-7-10(14-12)11(9)15(16)17/h5-7,13-14H,2-4,8,12H2,1H3. The van der Waals surface area contributed by atoms with E-state index in [9.17, 15) is 10.1 Å². The molecule has 6 heteroatoms. The van der Waals surface area contributed by atoms with Crippen molar-refractivity contribution in [3.8, 4) is 0 Å². The molecular weight excluding hydrogens is 220 g/mol. The van der Waals surface area contributed by atoms with Gasteiger partial charge in [-0.15, -0.1) is 0 Å². The molecule has 0 amide bonds. The topological polar surface area (TPSA) is 93.2 Å². The first kappa shape index (κ1) is 13.2. The average Bonchev–Trinajstić information content (AvgIpc) is 2.33. The Morgan fingerprint density at radius 3 is 2.65 bits per heavy atom. The van der Waals surface area contributed by atoms with Crippen molar-refractivity contribution in [1.82, 2.24) is 0 Å². The molecule has 0 aliphatic heterocycles. The van der Waals surface area contributed by atoms with Crippen LogP contribution in [-0.4, -0.2) is 11.5 Å². The second-order valence-corrected chi connectivity index (χ2v) is 3.74. The molecule has 1 aromatic rings. The quantitative estimate of drug-likeness (QED) is 0.293. The Morgan fingerprint density at radius 2 is 2.06 bits per heavy atom. The van der Waals surface area contributed by atoms with Crippen LogP contribution in [0.5, 0.6) is 0 Å². The number of hydrogen-bond acceptors (Lipinski definition) is 5. The molecule has 0 heterocycles. The highest BCUT2D eigenvalue weighted by atomic mass is 16.6. The van der Waals surface area contributed by atoms with Crippen molar-refractivity contribution < 1.29 is 4.92 Å². The fourth-order valence-electron chi connectivity index (χ4n) is 1.60. The smallest absolute Gasteiger partial charge is 0.316 e. The molecule has 0 aliphatic carbocycles. The highest BCUT2D eigenvalue weighted by molar-refractivity contribution is 5.75. The molecule has 0 radical (unpaired) electrons. The van der Waals surface area contributed by atoms with Gasteiger partial charge in [0.25, 0.3) is 0 Å². The number of unbranched alkanes of at least 4 members (excludes halogenated alkanes) is 2. The van der Waals surface area contributed by atoms with Gasteiger partial charge in [-0.05, 0) is 18.6 Å². The Kier molecular flexibility index (Phi) is 5.22. The number of rotatable bonds is 7. The van der Waals surface area contributed by atoms with E-state index < -0.39 is 4.92 Å². The number of para-hydroxylation sites is 1. The second-order valence-electron chi connectivity index (χ2n) is 3.74. The summed E-state index contributed by atoms with van der Waals surface area (Å²) in [6.07, 6.45) is 3.22. The van der Waals surface area contributed by atoms with E-state index in [0.29, 0.717) is 11.4 Å². The van der Waals surface area contributed by atoms with Crippen molar-refractivity contribution in [2.24, 2.45) is 5.84 Å². The molecule has 0 aromatic heterocycles. The molecule has 0 saturated carbocycles. The van der Waals surface area contributed by atoms with Crippen molar-refractivity contribution in [3.05, 3.63) is 28.3 Å². The Labute approximate surface area is 100 Å². The number of hydrazine groups is 1. The minimum absolute atomic E-state index is 0.00787. The van der Waals surface area contributed by atoms with Gasteiger partial charge in [-0.2, -0.15) is 0 Å². The molecule has 0 saturated heterocycles. The van der Waals surface area contributed by atoms with Crippen LogP contribution in [0.1, 0.15) is 26.2 Å². The summed E-state index contributed by atoms with van der Waals surface area (Å²) in [4.78, 5) is 10.5. The molecule has 0 fully saturated rings. The molecule has 0 unspecified atom stereocenters. The number of nitrogens with one attached hydrogen (secondary N) is 2. The van der Waals surface area contributed by atoms with E-state index in [1.165, 1.54) is 0 Å². The van der Waals surface area contributed by atoms with E-state index in [1.807, 2.05) is 0 Å². The third-order valence-electron chi connectivity index (χ3n) is 2.47. The maximum Gasteiger partial charge on any atom is 0.316 e. The molecule has 0 aliphatic rings. The van der Waals surface area contributed by atoms with Gasteiger partial charge in [0.1, 0.15) is 11.4 Å².